The summed E-state index contributed by atoms with van der Waals surface area (Å²) in [5, 5.41) is 6.86. The molecular formula is C7H10N2O2. The molecule has 0 spiro atoms. The fourth-order valence-corrected chi connectivity index (χ4v) is 0.493. The van der Waals surface area contributed by atoms with Gasteiger partial charge < -0.3 is 4.74 Å². The monoisotopic (exact) mass is 154 g/mol. The Bertz CT molecular complexity index is 210. The largest absolute Gasteiger partial charge is 0.458 e. The number of carbonyl (C=O) groups excluding carboxylic acids is 1. The zero-order chi connectivity index (χ0) is 8.27. The third-order valence-electron chi connectivity index (χ3n) is 1.16. The van der Waals surface area contributed by atoms with E-state index in [2.05, 4.69) is 10.2 Å². The van der Waals surface area contributed by atoms with E-state index in [9.17, 15) is 4.79 Å². The van der Waals surface area contributed by atoms with Crippen LogP contribution in [0.1, 0.15) is 13.8 Å². The molecule has 0 aromatic heterocycles. The van der Waals surface area contributed by atoms with Crippen molar-refractivity contribution >= 4 is 5.97 Å². The molecule has 0 atom stereocenters. The fourth-order valence-electron chi connectivity index (χ4n) is 0.493. The molecule has 60 valence electrons. The Balaban J connectivity index is 2.11. The van der Waals surface area contributed by atoms with E-state index in [1.165, 1.54) is 0 Å². The maximum Gasteiger partial charge on any atom is 0.357 e. The van der Waals surface area contributed by atoms with Gasteiger partial charge in [0.15, 0.2) is 0 Å². The Hall–Kier alpha value is -1.19. The van der Waals surface area contributed by atoms with Crippen LogP contribution in [-0.2, 0) is 9.53 Å². The molecule has 1 rings (SSSR count). The summed E-state index contributed by atoms with van der Waals surface area (Å²) in [5.74, 6) is -0.359. The zero-order valence-electron chi connectivity index (χ0n) is 6.57. The molecule has 0 aromatic rings. The molecule has 11 heavy (non-hydrogen) atoms. The van der Waals surface area contributed by atoms with Crippen LogP contribution in [0.15, 0.2) is 21.9 Å². The van der Waals surface area contributed by atoms with Crippen molar-refractivity contribution in [1.82, 2.24) is 0 Å². The lowest BCUT2D eigenvalue weighted by Crippen LogP contribution is -2.11. The molecule has 0 saturated carbocycles. The average molecular weight is 154 g/mol. The first-order valence-corrected chi connectivity index (χ1v) is 3.40. The van der Waals surface area contributed by atoms with Crippen LogP contribution >= 0.6 is 0 Å². The molecule has 0 N–H and O–H groups in total. The Kier molecular flexibility index (Phi) is 2.36. The highest BCUT2D eigenvalue weighted by Gasteiger charge is 2.26. The number of hydrogen-bond donors (Lipinski definition) is 0. The van der Waals surface area contributed by atoms with Crippen LogP contribution in [0.4, 0.5) is 0 Å². The highest BCUT2D eigenvalue weighted by Crippen LogP contribution is 2.11. The minimum absolute atomic E-state index is 0.322. The summed E-state index contributed by atoms with van der Waals surface area (Å²) in [6, 6.07) is 0. The van der Waals surface area contributed by atoms with E-state index in [0.717, 1.165) is 5.57 Å². The van der Waals surface area contributed by atoms with Crippen LogP contribution in [0.5, 0.6) is 0 Å². The van der Waals surface area contributed by atoms with Gasteiger partial charge in [0.25, 0.3) is 6.17 Å². The van der Waals surface area contributed by atoms with Gasteiger partial charge in [-0.1, -0.05) is 5.57 Å². The summed E-state index contributed by atoms with van der Waals surface area (Å²) < 4.78 is 4.77. The van der Waals surface area contributed by atoms with Crippen molar-refractivity contribution in [2.45, 2.75) is 20.0 Å². The number of ether oxygens (including phenoxy) is 1. The Morgan fingerprint density at radius 3 is 2.64 bits per heavy atom. The van der Waals surface area contributed by atoms with Gasteiger partial charge in [-0.3, -0.25) is 0 Å². The smallest absolute Gasteiger partial charge is 0.357 e. The van der Waals surface area contributed by atoms with Gasteiger partial charge >= 0.3 is 5.97 Å². The van der Waals surface area contributed by atoms with Crippen molar-refractivity contribution < 1.29 is 9.53 Å². The third kappa shape index (κ3) is 2.93. The van der Waals surface area contributed by atoms with E-state index in [4.69, 9.17) is 4.74 Å². The first-order chi connectivity index (χ1) is 5.20. The van der Waals surface area contributed by atoms with E-state index >= 15 is 0 Å². The zero-order valence-corrected chi connectivity index (χ0v) is 6.57. The summed E-state index contributed by atoms with van der Waals surface area (Å²) in [4.78, 5) is 10.7. The van der Waals surface area contributed by atoms with Crippen molar-refractivity contribution in [3.63, 3.8) is 0 Å². The molecule has 1 aliphatic heterocycles. The molecule has 1 aliphatic rings. The van der Waals surface area contributed by atoms with E-state index in [0.29, 0.717) is 6.61 Å². The van der Waals surface area contributed by atoms with Gasteiger partial charge in [-0.05, 0) is 19.9 Å². The standard InChI is InChI=1S/C7H10N2O2/c1-5(2)3-4-11-7(10)6-8-9-6/h3,6H,4H2,1-2H3. The van der Waals surface area contributed by atoms with Crippen molar-refractivity contribution in [2.24, 2.45) is 10.2 Å². The van der Waals surface area contributed by atoms with E-state index < -0.39 is 6.17 Å². The van der Waals surface area contributed by atoms with Gasteiger partial charge in [-0.2, -0.15) is 0 Å². The molecule has 0 unspecified atom stereocenters. The Labute approximate surface area is 65.0 Å². The summed E-state index contributed by atoms with van der Waals surface area (Å²) in [7, 11) is 0. The van der Waals surface area contributed by atoms with Crippen molar-refractivity contribution in [1.29, 1.82) is 0 Å². The number of nitrogens with zero attached hydrogens (tertiary/aromatic N) is 2. The van der Waals surface area contributed by atoms with Crippen LogP contribution in [0, 0.1) is 0 Å². The maximum atomic E-state index is 10.7. The molecule has 0 aromatic carbocycles. The Morgan fingerprint density at radius 2 is 2.18 bits per heavy atom. The fraction of sp³-hybridized carbons (Fsp3) is 0.571. The first kappa shape index (κ1) is 7.91. The van der Waals surface area contributed by atoms with Crippen LogP contribution in [-0.4, -0.2) is 18.7 Å². The molecule has 4 nitrogen and oxygen atoms in total. The Morgan fingerprint density at radius 1 is 1.55 bits per heavy atom. The summed E-state index contributed by atoms with van der Waals surface area (Å²) in [6.07, 6.45) is 1.31. The predicted octanol–water partition coefficient (Wildman–Crippen LogP) is 1.29. The highest BCUT2D eigenvalue weighted by atomic mass is 16.5. The summed E-state index contributed by atoms with van der Waals surface area (Å²) in [5.41, 5.74) is 1.13. The predicted molar refractivity (Wildman–Crippen MR) is 39.0 cm³/mol. The van der Waals surface area contributed by atoms with Crippen molar-refractivity contribution in [2.75, 3.05) is 6.61 Å². The molecule has 0 amide bonds. The number of hydrogen-bond acceptors (Lipinski definition) is 4. The second-order valence-corrected chi connectivity index (χ2v) is 2.52. The lowest BCUT2D eigenvalue weighted by atomic mass is 10.3. The third-order valence-corrected chi connectivity index (χ3v) is 1.16. The molecule has 0 radical (unpaired) electrons. The molecule has 1 heterocycles. The van der Waals surface area contributed by atoms with Gasteiger partial charge in [0.2, 0.25) is 0 Å². The van der Waals surface area contributed by atoms with Crippen LogP contribution in [0.2, 0.25) is 0 Å². The number of esters is 1. The van der Waals surface area contributed by atoms with Gasteiger partial charge in [-0.15, -0.1) is 10.2 Å². The summed E-state index contributed by atoms with van der Waals surface area (Å²) >= 11 is 0. The van der Waals surface area contributed by atoms with E-state index in [-0.39, 0.29) is 5.97 Å². The van der Waals surface area contributed by atoms with E-state index in [1.54, 1.807) is 0 Å². The number of carbonyl (C=O) groups is 1. The van der Waals surface area contributed by atoms with Crippen LogP contribution in [0.3, 0.4) is 0 Å². The maximum absolute atomic E-state index is 10.7. The molecule has 0 aliphatic carbocycles. The number of rotatable bonds is 3. The molecular weight excluding hydrogens is 144 g/mol. The van der Waals surface area contributed by atoms with Crippen LogP contribution < -0.4 is 0 Å². The number of allylic oxidation sites excluding steroid dienone is 1. The molecule has 0 bridgehead atoms. The van der Waals surface area contributed by atoms with Gasteiger partial charge in [0, 0.05) is 0 Å². The molecule has 0 saturated heterocycles. The quantitative estimate of drug-likeness (QED) is 0.454. The van der Waals surface area contributed by atoms with Gasteiger partial charge in [0.05, 0.1) is 0 Å². The lowest BCUT2D eigenvalue weighted by Gasteiger charge is -1.96. The molecule has 0 fully saturated rings. The highest BCUT2D eigenvalue weighted by molar-refractivity contribution is 5.77. The molecule has 4 heteroatoms. The van der Waals surface area contributed by atoms with Gasteiger partial charge in [0.1, 0.15) is 6.61 Å². The van der Waals surface area contributed by atoms with Gasteiger partial charge in [-0.25, -0.2) is 4.79 Å². The van der Waals surface area contributed by atoms with E-state index in [1.807, 2.05) is 19.9 Å². The minimum Gasteiger partial charge on any atom is -0.458 e. The first-order valence-electron chi connectivity index (χ1n) is 3.40. The minimum atomic E-state index is -0.527. The normalized spacial score (nSPS) is 14.4. The van der Waals surface area contributed by atoms with Crippen LogP contribution in [0.25, 0.3) is 0 Å². The van der Waals surface area contributed by atoms with Crippen molar-refractivity contribution in [3.8, 4) is 0 Å². The SMILES string of the molecule is CC(C)=CCOC(=O)C1N=N1. The topological polar surface area (TPSA) is 51.0 Å². The average Bonchev–Trinajstić information content (AvgIpc) is 2.66. The second-order valence-electron chi connectivity index (χ2n) is 2.52. The lowest BCUT2D eigenvalue weighted by molar-refractivity contribution is -0.142. The van der Waals surface area contributed by atoms with Crippen molar-refractivity contribution in [3.05, 3.63) is 11.6 Å². The second kappa shape index (κ2) is 3.27. The summed E-state index contributed by atoms with van der Waals surface area (Å²) in [6.45, 7) is 4.21.